The van der Waals surface area contributed by atoms with Gasteiger partial charge in [0, 0.05) is 5.69 Å². The molecule has 3 heteroatoms. The van der Waals surface area contributed by atoms with Crippen LogP contribution in [0.1, 0.15) is 27.2 Å². The van der Waals surface area contributed by atoms with Crippen LogP contribution >= 0.6 is 0 Å². The minimum atomic E-state index is -0.276. The number of esters is 1. The summed E-state index contributed by atoms with van der Waals surface area (Å²) in [5, 5.41) is 3.24. The molecule has 0 heterocycles. The Labute approximate surface area is 103 Å². The molecule has 1 N–H and O–H groups in total. The SMILES string of the molecule is CCOC(=O)C(Nc1ccccc1)C(C)CC. The predicted molar refractivity (Wildman–Crippen MR) is 69.9 cm³/mol. The Morgan fingerprint density at radius 2 is 1.94 bits per heavy atom. The molecular weight excluding hydrogens is 214 g/mol. The summed E-state index contributed by atoms with van der Waals surface area (Å²) in [6, 6.07) is 9.47. The first-order valence-corrected chi connectivity index (χ1v) is 6.17. The first-order chi connectivity index (χ1) is 8.19. The average molecular weight is 235 g/mol. The second-order valence-electron chi connectivity index (χ2n) is 4.13. The van der Waals surface area contributed by atoms with Gasteiger partial charge in [-0.25, -0.2) is 4.79 Å². The Bertz CT molecular complexity index is 337. The zero-order valence-corrected chi connectivity index (χ0v) is 10.8. The lowest BCUT2D eigenvalue weighted by Crippen LogP contribution is -2.37. The molecule has 2 atom stereocenters. The fourth-order valence-corrected chi connectivity index (χ4v) is 1.62. The van der Waals surface area contributed by atoms with E-state index in [1.165, 1.54) is 0 Å². The first-order valence-electron chi connectivity index (χ1n) is 6.17. The van der Waals surface area contributed by atoms with Crippen LogP contribution in [0, 0.1) is 5.92 Å². The standard InChI is InChI=1S/C14H21NO2/c1-4-11(3)13(14(16)17-5-2)15-12-9-7-6-8-10-12/h6-11,13,15H,4-5H2,1-3H3. The molecule has 2 unspecified atom stereocenters. The smallest absolute Gasteiger partial charge is 0.328 e. The number of benzene rings is 1. The van der Waals surface area contributed by atoms with E-state index in [0.717, 1.165) is 12.1 Å². The zero-order chi connectivity index (χ0) is 12.7. The average Bonchev–Trinajstić information content (AvgIpc) is 2.36. The molecule has 0 fully saturated rings. The van der Waals surface area contributed by atoms with Gasteiger partial charge in [-0.2, -0.15) is 0 Å². The molecule has 0 saturated heterocycles. The minimum Gasteiger partial charge on any atom is -0.464 e. The summed E-state index contributed by atoms with van der Waals surface area (Å²) in [4.78, 5) is 11.9. The van der Waals surface area contributed by atoms with Crippen molar-refractivity contribution >= 4 is 11.7 Å². The van der Waals surface area contributed by atoms with E-state index in [-0.39, 0.29) is 17.9 Å². The first kappa shape index (κ1) is 13.6. The van der Waals surface area contributed by atoms with Crippen LogP contribution < -0.4 is 5.32 Å². The molecule has 0 spiro atoms. The van der Waals surface area contributed by atoms with Crippen molar-refractivity contribution in [1.29, 1.82) is 0 Å². The van der Waals surface area contributed by atoms with Gasteiger partial charge in [-0.15, -0.1) is 0 Å². The minimum absolute atomic E-state index is 0.175. The third-order valence-corrected chi connectivity index (χ3v) is 2.85. The van der Waals surface area contributed by atoms with E-state index in [9.17, 15) is 4.79 Å². The number of carbonyl (C=O) groups excluding carboxylic acids is 1. The zero-order valence-electron chi connectivity index (χ0n) is 10.8. The molecule has 0 aliphatic heterocycles. The highest BCUT2D eigenvalue weighted by molar-refractivity contribution is 5.79. The van der Waals surface area contributed by atoms with Crippen molar-refractivity contribution in [2.75, 3.05) is 11.9 Å². The van der Waals surface area contributed by atoms with Crippen LogP contribution in [0.5, 0.6) is 0 Å². The molecule has 0 aliphatic carbocycles. The summed E-state index contributed by atoms with van der Waals surface area (Å²) in [6.45, 7) is 6.37. The third-order valence-electron chi connectivity index (χ3n) is 2.85. The van der Waals surface area contributed by atoms with Crippen LogP contribution in [-0.4, -0.2) is 18.6 Å². The van der Waals surface area contributed by atoms with Gasteiger partial charge in [0.15, 0.2) is 0 Å². The van der Waals surface area contributed by atoms with Crippen molar-refractivity contribution in [2.24, 2.45) is 5.92 Å². The summed E-state index contributed by atoms with van der Waals surface area (Å²) in [7, 11) is 0. The second-order valence-corrected chi connectivity index (χ2v) is 4.13. The normalized spacial score (nSPS) is 13.8. The quantitative estimate of drug-likeness (QED) is 0.770. The van der Waals surface area contributed by atoms with Gasteiger partial charge < -0.3 is 10.1 Å². The third kappa shape index (κ3) is 4.10. The Balaban J connectivity index is 2.73. The molecular formula is C14H21NO2. The number of nitrogens with one attached hydrogen (secondary N) is 1. The molecule has 1 aromatic rings. The Hall–Kier alpha value is -1.51. The van der Waals surface area contributed by atoms with Crippen LogP contribution in [0.3, 0.4) is 0 Å². The summed E-state index contributed by atoms with van der Waals surface area (Å²) in [6.07, 6.45) is 0.934. The van der Waals surface area contributed by atoms with Gasteiger partial charge in [-0.1, -0.05) is 38.5 Å². The maximum absolute atomic E-state index is 11.9. The molecule has 94 valence electrons. The molecule has 1 aromatic carbocycles. The molecule has 3 nitrogen and oxygen atoms in total. The topological polar surface area (TPSA) is 38.3 Å². The molecule has 0 aromatic heterocycles. The van der Waals surface area contributed by atoms with Crippen LogP contribution in [0.15, 0.2) is 30.3 Å². The lowest BCUT2D eigenvalue weighted by molar-refractivity contribution is -0.145. The Kier molecular flexibility index (Phi) is 5.53. The number of hydrogen-bond acceptors (Lipinski definition) is 3. The van der Waals surface area contributed by atoms with Crippen molar-refractivity contribution < 1.29 is 9.53 Å². The van der Waals surface area contributed by atoms with Gasteiger partial charge in [0.2, 0.25) is 0 Å². The van der Waals surface area contributed by atoms with Gasteiger partial charge in [-0.3, -0.25) is 0 Å². The number of rotatable bonds is 6. The molecule has 0 aliphatic rings. The van der Waals surface area contributed by atoms with E-state index in [4.69, 9.17) is 4.74 Å². The molecule has 0 amide bonds. The molecule has 17 heavy (non-hydrogen) atoms. The monoisotopic (exact) mass is 235 g/mol. The predicted octanol–water partition coefficient (Wildman–Crippen LogP) is 3.08. The van der Waals surface area contributed by atoms with E-state index in [1.807, 2.05) is 37.3 Å². The van der Waals surface area contributed by atoms with E-state index in [1.54, 1.807) is 0 Å². The highest BCUT2D eigenvalue weighted by Crippen LogP contribution is 2.16. The van der Waals surface area contributed by atoms with Crippen LogP contribution in [0.2, 0.25) is 0 Å². The van der Waals surface area contributed by atoms with Gasteiger partial charge in [0.1, 0.15) is 6.04 Å². The van der Waals surface area contributed by atoms with Crippen molar-refractivity contribution in [3.8, 4) is 0 Å². The fourth-order valence-electron chi connectivity index (χ4n) is 1.62. The van der Waals surface area contributed by atoms with Crippen molar-refractivity contribution in [2.45, 2.75) is 33.2 Å². The summed E-state index contributed by atoms with van der Waals surface area (Å²) < 4.78 is 5.10. The lowest BCUT2D eigenvalue weighted by atomic mass is 9.99. The van der Waals surface area contributed by atoms with Crippen molar-refractivity contribution in [1.82, 2.24) is 0 Å². The number of carbonyl (C=O) groups is 1. The highest BCUT2D eigenvalue weighted by atomic mass is 16.5. The molecule has 0 bridgehead atoms. The number of anilines is 1. The summed E-state index contributed by atoms with van der Waals surface area (Å²) in [5.74, 6) is 0.0694. The van der Waals surface area contributed by atoms with E-state index >= 15 is 0 Å². The maximum atomic E-state index is 11.9. The molecule has 0 radical (unpaired) electrons. The van der Waals surface area contributed by atoms with E-state index in [2.05, 4.69) is 19.2 Å². The van der Waals surface area contributed by atoms with Crippen LogP contribution in [0.25, 0.3) is 0 Å². The summed E-state index contributed by atoms with van der Waals surface area (Å²) >= 11 is 0. The van der Waals surface area contributed by atoms with Crippen LogP contribution in [0.4, 0.5) is 5.69 Å². The van der Waals surface area contributed by atoms with Crippen molar-refractivity contribution in [3.63, 3.8) is 0 Å². The van der Waals surface area contributed by atoms with E-state index < -0.39 is 0 Å². The van der Waals surface area contributed by atoms with Gasteiger partial charge in [-0.05, 0) is 25.0 Å². The maximum Gasteiger partial charge on any atom is 0.328 e. The number of ether oxygens (including phenoxy) is 1. The number of hydrogen-bond donors (Lipinski definition) is 1. The molecule has 1 rings (SSSR count). The largest absolute Gasteiger partial charge is 0.464 e. The van der Waals surface area contributed by atoms with Gasteiger partial charge in [0.05, 0.1) is 6.61 Å². The van der Waals surface area contributed by atoms with Crippen LogP contribution in [-0.2, 0) is 9.53 Å². The second kappa shape index (κ2) is 6.94. The lowest BCUT2D eigenvalue weighted by Gasteiger charge is -2.23. The number of para-hydroxylation sites is 1. The van der Waals surface area contributed by atoms with Crippen molar-refractivity contribution in [3.05, 3.63) is 30.3 Å². The fraction of sp³-hybridized carbons (Fsp3) is 0.500. The van der Waals surface area contributed by atoms with E-state index in [0.29, 0.717) is 6.61 Å². The molecule has 0 saturated carbocycles. The Morgan fingerprint density at radius 1 is 1.29 bits per heavy atom. The Morgan fingerprint density at radius 3 is 2.47 bits per heavy atom. The van der Waals surface area contributed by atoms with Gasteiger partial charge >= 0.3 is 5.97 Å². The summed E-state index contributed by atoms with van der Waals surface area (Å²) in [5.41, 5.74) is 0.950. The highest BCUT2D eigenvalue weighted by Gasteiger charge is 2.24. The van der Waals surface area contributed by atoms with Gasteiger partial charge in [0.25, 0.3) is 0 Å².